The number of hydrogen-bond donors (Lipinski definition) is 1. The van der Waals surface area contributed by atoms with Crippen molar-refractivity contribution in [3.05, 3.63) is 0 Å². The summed E-state index contributed by atoms with van der Waals surface area (Å²) >= 11 is 0. The Kier molecular flexibility index (Phi) is 20.3. The first-order valence-corrected chi connectivity index (χ1v) is 3.44. The average Bonchev–Trinajstić information content (AvgIpc) is 1.94. The summed E-state index contributed by atoms with van der Waals surface area (Å²) in [5.41, 5.74) is 0. The summed E-state index contributed by atoms with van der Waals surface area (Å²) in [5.74, 6) is 0. The van der Waals surface area contributed by atoms with E-state index >= 15 is 0 Å². The zero-order valence-corrected chi connectivity index (χ0v) is 6.71. The highest BCUT2D eigenvalue weighted by molar-refractivity contribution is 4.39. The van der Waals surface area contributed by atoms with Crippen LogP contribution >= 0.6 is 0 Å². The second kappa shape index (κ2) is 15.7. The van der Waals surface area contributed by atoms with E-state index in [0.29, 0.717) is 7.18 Å². The first kappa shape index (κ1) is 11.7. The highest BCUT2D eigenvalue weighted by atomic mass is 19.1. The van der Waals surface area contributed by atoms with Gasteiger partial charge < -0.3 is 5.32 Å². The summed E-state index contributed by atoms with van der Waals surface area (Å²) in [7, 11) is 2.50. The molecular weight excluding hydrogens is 117 g/mol. The van der Waals surface area contributed by atoms with Gasteiger partial charge in [0.15, 0.2) is 0 Å². The van der Waals surface area contributed by atoms with Gasteiger partial charge in [0.2, 0.25) is 0 Å². The SMILES string of the molecule is CCCCCNC.CF. The van der Waals surface area contributed by atoms with Crippen LogP contribution in [0.5, 0.6) is 0 Å². The first-order valence-electron chi connectivity index (χ1n) is 3.44. The quantitative estimate of drug-likeness (QED) is 0.581. The van der Waals surface area contributed by atoms with Crippen molar-refractivity contribution < 1.29 is 4.39 Å². The van der Waals surface area contributed by atoms with Gasteiger partial charge in [-0.25, -0.2) is 0 Å². The van der Waals surface area contributed by atoms with Gasteiger partial charge in [-0.3, -0.25) is 4.39 Å². The smallest absolute Gasteiger partial charge is 0.0785 e. The molecule has 2 heteroatoms. The van der Waals surface area contributed by atoms with Crippen molar-refractivity contribution in [2.75, 3.05) is 20.8 Å². The van der Waals surface area contributed by atoms with E-state index in [2.05, 4.69) is 12.2 Å². The van der Waals surface area contributed by atoms with E-state index in [1.807, 2.05) is 7.05 Å². The molecule has 0 aromatic heterocycles. The van der Waals surface area contributed by atoms with Gasteiger partial charge in [0.05, 0.1) is 7.18 Å². The zero-order valence-electron chi connectivity index (χ0n) is 6.71. The average molecular weight is 135 g/mol. The molecule has 0 aliphatic heterocycles. The molecule has 0 spiro atoms. The Morgan fingerprint density at radius 2 is 1.78 bits per heavy atom. The number of unbranched alkanes of at least 4 members (excludes halogenated alkanes) is 2. The predicted octanol–water partition coefficient (Wildman–Crippen LogP) is 1.98. The lowest BCUT2D eigenvalue weighted by molar-refractivity contribution is 0.636. The Morgan fingerprint density at radius 1 is 1.22 bits per heavy atom. The molecule has 0 heterocycles. The first-order chi connectivity index (χ1) is 4.41. The largest absolute Gasteiger partial charge is 0.320 e. The molecule has 0 aromatic rings. The van der Waals surface area contributed by atoms with E-state index in [1.165, 1.54) is 25.8 Å². The normalized spacial score (nSPS) is 8.00. The summed E-state index contributed by atoms with van der Waals surface area (Å²) in [6, 6.07) is 0. The maximum absolute atomic E-state index is 9.50. The maximum Gasteiger partial charge on any atom is 0.0785 e. The lowest BCUT2D eigenvalue weighted by Gasteiger charge is -1.93. The maximum atomic E-state index is 9.50. The number of rotatable bonds is 4. The van der Waals surface area contributed by atoms with Crippen LogP contribution in [-0.4, -0.2) is 20.8 Å². The fraction of sp³-hybridized carbons (Fsp3) is 1.00. The van der Waals surface area contributed by atoms with Crippen LogP contribution in [0, 0.1) is 0 Å². The van der Waals surface area contributed by atoms with Gasteiger partial charge in [-0.1, -0.05) is 19.8 Å². The number of alkyl halides is 1. The van der Waals surface area contributed by atoms with Crippen molar-refractivity contribution in [2.45, 2.75) is 26.2 Å². The Morgan fingerprint density at radius 3 is 2.11 bits per heavy atom. The van der Waals surface area contributed by atoms with Gasteiger partial charge >= 0.3 is 0 Å². The fourth-order valence-corrected chi connectivity index (χ4v) is 0.552. The van der Waals surface area contributed by atoms with Crippen molar-refractivity contribution in [3.8, 4) is 0 Å². The van der Waals surface area contributed by atoms with Crippen molar-refractivity contribution in [1.82, 2.24) is 5.32 Å². The molecular formula is C7H18FN. The van der Waals surface area contributed by atoms with Crippen LogP contribution in [0.15, 0.2) is 0 Å². The van der Waals surface area contributed by atoms with Crippen molar-refractivity contribution in [1.29, 1.82) is 0 Å². The lowest BCUT2D eigenvalue weighted by Crippen LogP contribution is -2.06. The molecule has 0 unspecified atom stereocenters. The summed E-state index contributed by atoms with van der Waals surface area (Å²) < 4.78 is 9.50. The molecule has 0 fully saturated rings. The molecule has 0 saturated carbocycles. The molecule has 0 aliphatic rings. The highest BCUT2D eigenvalue weighted by Crippen LogP contribution is 1.89. The Hall–Kier alpha value is -0.110. The monoisotopic (exact) mass is 135 g/mol. The van der Waals surface area contributed by atoms with E-state index in [4.69, 9.17) is 0 Å². The second-order valence-corrected chi connectivity index (χ2v) is 1.81. The van der Waals surface area contributed by atoms with E-state index in [0.717, 1.165) is 0 Å². The molecule has 0 aromatic carbocycles. The van der Waals surface area contributed by atoms with Crippen molar-refractivity contribution in [2.24, 2.45) is 0 Å². The minimum absolute atomic E-state index is 0.500. The standard InChI is InChI=1S/C6H15N.CH3F/c1-3-4-5-6-7-2;1-2/h7H,3-6H2,1-2H3;1H3. The zero-order chi connectivity index (χ0) is 7.54. The van der Waals surface area contributed by atoms with E-state index in [9.17, 15) is 4.39 Å². The number of nitrogens with one attached hydrogen (secondary N) is 1. The van der Waals surface area contributed by atoms with Crippen LogP contribution in [0.4, 0.5) is 4.39 Å². The van der Waals surface area contributed by atoms with E-state index in [-0.39, 0.29) is 0 Å². The minimum Gasteiger partial charge on any atom is -0.320 e. The summed E-state index contributed by atoms with van der Waals surface area (Å²) in [5, 5.41) is 3.10. The summed E-state index contributed by atoms with van der Waals surface area (Å²) in [6.45, 7) is 3.39. The van der Waals surface area contributed by atoms with Crippen LogP contribution in [0.3, 0.4) is 0 Å². The lowest BCUT2D eigenvalue weighted by atomic mass is 10.2. The third kappa shape index (κ3) is 18.1. The van der Waals surface area contributed by atoms with E-state index in [1.54, 1.807) is 0 Å². The molecule has 9 heavy (non-hydrogen) atoms. The van der Waals surface area contributed by atoms with Crippen LogP contribution in [0.1, 0.15) is 26.2 Å². The second-order valence-electron chi connectivity index (χ2n) is 1.81. The van der Waals surface area contributed by atoms with Crippen molar-refractivity contribution >= 4 is 0 Å². The van der Waals surface area contributed by atoms with Crippen molar-refractivity contribution in [3.63, 3.8) is 0 Å². The highest BCUT2D eigenvalue weighted by Gasteiger charge is 1.78. The Balaban J connectivity index is 0. The number of halogens is 1. The number of hydrogen-bond acceptors (Lipinski definition) is 1. The fourth-order valence-electron chi connectivity index (χ4n) is 0.552. The molecule has 1 N–H and O–H groups in total. The van der Waals surface area contributed by atoms with Crippen LogP contribution in [0.25, 0.3) is 0 Å². The Labute approximate surface area is 57.7 Å². The minimum atomic E-state index is 0.500. The van der Waals surface area contributed by atoms with Gasteiger partial charge in [0.25, 0.3) is 0 Å². The predicted molar refractivity (Wildman–Crippen MR) is 40.5 cm³/mol. The van der Waals surface area contributed by atoms with Crippen LogP contribution in [-0.2, 0) is 0 Å². The molecule has 58 valence electrons. The van der Waals surface area contributed by atoms with Gasteiger partial charge in [0.1, 0.15) is 0 Å². The van der Waals surface area contributed by atoms with Crippen LogP contribution < -0.4 is 5.32 Å². The van der Waals surface area contributed by atoms with E-state index < -0.39 is 0 Å². The summed E-state index contributed by atoms with van der Waals surface area (Å²) in [4.78, 5) is 0. The van der Waals surface area contributed by atoms with Gasteiger partial charge in [0, 0.05) is 0 Å². The topological polar surface area (TPSA) is 12.0 Å². The van der Waals surface area contributed by atoms with Crippen LogP contribution in [0.2, 0.25) is 0 Å². The third-order valence-electron chi connectivity index (χ3n) is 1.03. The van der Waals surface area contributed by atoms with Gasteiger partial charge in [-0.15, -0.1) is 0 Å². The molecule has 0 saturated heterocycles. The van der Waals surface area contributed by atoms with Gasteiger partial charge in [-0.05, 0) is 20.0 Å². The molecule has 0 atom stereocenters. The molecule has 0 amide bonds. The molecule has 0 bridgehead atoms. The Bertz CT molecular complexity index is 28.1. The molecule has 0 radical (unpaired) electrons. The molecule has 0 rings (SSSR count). The third-order valence-corrected chi connectivity index (χ3v) is 1.03. The molecule has 1 nitrogen and oxygen atoms in total. The van der Waals surface area contributed by atoms with Gasteiger partial charge in [-0.2, -0.15) is 0 Å². The summed E-state index contributed by atoms with van der Waals surface area (Å²) in [6.07, 6.45) is 4.01. The molecule has 0 aliphatic carbocycles.